The number of carbonyl (C=O) groups is 2. The molecule has 0 unspecified atom stereocenters. The molecule has 1 aromatic carbocycles. The quantitative estimate of drug-likeness (QED) is 0.423. The van der Waals surface area contributed by atoms with Crippen LogP contribution in [0.2, 0.25) is 5.02 Å². The second-order valence-electron chi connectivity index (χ2n) is 5.70. The average Bonchev–Trinajstić information content (AvgIpc) is 3.02. The maximum absolute atomic E-state index is 13.6. The van der Waals surface area contributed by atoms with Crippen LogP contribution in [0.15, 0.2) is 30.5 Å². The fraction of sp³-hybridized carbons (Fsp3) is 0.278. The Kier molecular flexibility index (Phi) is 7.03. The third kappa shape index (κ3) is 5.77. The lowest BCUT2D eigenvalue weighted by molar-refractivity contribution is -0.117. The first-order valence-electron chi connectivity index (χ1n) is 8.02. The Morgan fingerprint density at radius 2 is 1.96 bits per heavy atom. The Morgan fingerprint density at radius 3 is 2.69 bits per heavy atom. The van der Waals surface area contributed by atoms with Gasteiger partial charge in [-0.25, -0.2) is 8.78 Å². The highest BCUT2D eigenvalue weighted by molar-refractivity contribution is 6.32. The molecule has 0 bridgehead atoms. The van der Waals surface area contributed by atoms with E-state index in [0.29, 0.717) is 18.8 Å². The van der Waals surface area contributed by atoms with Crippen molar-refractivity contribution in [3.63, 3.8) is 0 Å². The third-order valence-corrected chi connectivity index (χ3v) is 3.92. The van der Waals surface area contributed by atoms with Gasteiger partial charge >= 0.3 is 0 Å². The first-order valence-corrected chi connectivity index (χ1v) is 8.40. The summed E-state index contributed by atoms with van der Waals surface area (Å²) in [6.45, 7) is 2.18. The summed E-state index contributed by atoms with van der Waals surface area (Å²) in [5.74, 6) is -1.56. The van der Waals surface area contributed by atoms with E-state index in [1.165, 1.54) is 0 Å². The van der Waals surface area contributed by atoms with E-state index in [0.717, 1.165) is 37.1 Å². The molecule has 1 heterocycles. The van der Waals surface area contributed by atoms with E-state index in [4.69, 9.17) is 11.6 Å². The number of hydrogen-bond acceptors (Lipinski definition) is 3. The summed E-state index contributed by atoms with van der Waals surface area (Å²) in [5.41, 5.74) is -0.196. The number of benzene rings is 1. The van der Waals surface area contributed by atoms with Crippen LogP contribution in [0.4, 0.5) is 14.6 Å². The molecule has 0 aliphatic rings. The monoisotopic (exact) mass is 381 g/mol. The normalized spacial score (nSPS) is 11.1. The Bertz CT molecular complexity index is 834. The van der Waals surface area contributed by atoms with Gasteiger partial charge in [-0.1, -0.05) is 11.6 Å². The standard InChI is InChI=1S/C18H18ClF2N3O2/c1-12(25)4-2-3-10-24-11-9-16(23-24)22-17(26)8-5-13-14(20)6-7-15(21)18(13)19/h5-9,11H,2-4,10H2,1H3,(H,22,23,26). The summed E-state index contributed by atoms with van der Waals surface area (Å²) in [6, 6.07) is 3.47. The van der Waals surface area contributed by atoms with Crippen LogP contribution >= 0.6 is 11.6 Å². The predicted octanol–water partition coefficient (Wildman–Crippen LogP) is 4.23. The second kappa shape index (κ2) is 9.24. The number of nitrogens with zero attached hydrogens (tertiary/aromatic N) is 2. The molecule has 0 saturated heterocycles. The minimum Gasteiger partial charge on any atom is -0.306 e. The minimum atomic E-state index is -0.767. The van der Waals surface area contributed by atoms with Gasteiger partial charge in [0, 0.05) is 36.9 Å². The summed E-state index contributed by atoms with van der Waals surface area (Å²) in [6.07, 6.45) is 5.97. The Balaban J connectivity index is 1.90. The number of Topliss-reactive ketones (excluding diaryl/α,β-unsaturated/α-hetero) is 1. The van der Waals surface area contributed by atoms with Crippen molar-refractivity contribution >= 4 is 35.2 Å². The number of nitrogens with one attached hydrogen (secondary N) is 1. The lowest BCUT2D eigenvalue weighted by Crippen LogP contribution is -2.09. The van der Waals surface area contributed by atoms with E-state index >= 15 is 0 Å². The Morgan fingerprint density at radius 1 is 1.23 bits per heavy atom. The lowest BCUT2D eigenvalue weighted by atomic mass is 10.2. The number of aromatic nitrogens is 2. The highest BCUT2D eigenvalue weighted by Gasteiger charge is 2.10. The van der Waals surface area contributed by atoms with Crippen molar-refractivity contribution in [1.29, 1.82) is 0 Å². The van der Waals surface area contributed by atoms with Gasteiger partial charge in [-0.05, 0) is 38.0 Å². The van der Waals surface area contributed by atoms with Crippen molar-refractivity contribution in [3.8, 4) is 0 Å². The van der Waals surface area contributed by atoms with E-state index in [9.17, 15) is 18.4 Å². The zero-order chi connectivity index (χ0) is 19.1. The minimum absolute atomic E-state index is 0.153. The fourth-order valence-corrected chi connectivity index (χ4v) is 2.44. The van der Waals surface area contributed by atoms with Gasteiger partial charge in [-0.3, -0.25) is 9.48 Å². The van der Waals surface area contributed by atoms with Gasteiger partial charge in [0.2, 0.25) is 5.91 Å². The Labute approximate surface area is 154 Å². The van der Waals surface area contributed by atoms with Crippen LogP contribution in [0.5, 0.6) is 0 Å². The number of ketones is 1. The first-order chi connectivity index (χ1) is 12.4. The number of amides is 1. The zero-order valence-electron chi connectivity index (χ0n) is 14.1. The van der Waals surface area contributed by atoms with Crippen LogP contribution in [0.25, 0.3) is 6.08 Å². The zero-order valence-corrected chi connectivity index (χ0v) is 14.9. The van der Waals surface area contributed by atoms with Crippen LogP contribution in [0.3, 0.4) is 0 Å². The van der Waals surface area contributed by atoms with E-state index in [1.807, 2.05) is 0 Å². The third-order valence-electron chi connectivity index (χ3n) is 3.54. The topological polar surface area (TPSA) is 64.0 Å². The number of hydrogen-bond donors (Lipinski definition) is 1. The fourth-order valence-electron chi connectivity index (χ4n) is 2.22. The van der Waals surface area contributed by atoms with Gasteiger partial charge in [0.1, 0.15) is 17.4 Å². The molecule has 0 spiro atoms. The van der Waals surface area contributed by atoms with Crippen molar-refractivity contribution in [2.45, 2.75) is 32.7 Å². The van der Waals surface area contributed by atoms with Crippen LogP contribution in [-0.4, -0.2) is 21.5 Å². The summed E-state index contributed by atoms with van der Waals surface area (Å²) in [7, 11) is 0. The van der Waals surface area contributed by atoms with Gasteiger partial charge in [-0.2, -0.15) is 5.10 Å². The van der Waals surface area contributed by atoms with Gasteiger partial charge in [0.05, 0.1) is 5.02 Å². The molecule has 8 heteroatoms. The van der Waals surface area contributed by atoms with Crippen LogP contribution in [0.1, 0.15) is 31.7 Å². The summed E-state index contributed by atoms with van der Waals surface area (Å²) < 4.78 is 28.6. The largest absolute Gasteiger partial charge is 0.306 e. The molecule has 26 heavy (non-hydrogen) atoms. The molecule has 1 N–H and O–H groups in total. The average molecular weight is 382 g/mol. The van der Waals surface area contributed by atoms with Crippen LogP contribution < -0.4 is 5.32 Å². The summed E-state index contributed by atoms with van der Waals surface area (Å²) in [4.78, 5) is 22.8. The molecule has 0 fully saturated rings. The highest BCUT2D eigenvalue weighted by Crippen LogP contribution is 2.24. The molecule has 5 nitrogen and oxygen atoms in total. The van der Waals surface area contributed by atoms with Crippen molar-refractivity contribution in [2.75, 3.05) is 5.32 Å². The predicted molar refractivity (Wildman–Crippen MR) is 95.8 cm³/mol. The van der Waals surface area contributed by atoms with E-state index in [1.54, 1.807) is 23.9 Å². The molecule has 138 valence electrons. The summed E-state index contributed by atoms with van der Waals surface area (Å²) >= 11 is 5.69. The van der Waals surface area contributed by atoms with Gasteiger partial charge in [0.25, 0.3) is 0 Å². The van der Waals surface area contributed by atoms with Gasteiger partial charge in [-0.15, -0.1) is 0 Å². The van der Waals surface area contributed by atoms with Crippen molar-refractivity contribution in [2.24, 2.45) is 0 Å². The smallest absolute Gasteiger partial charge is 0.249 e. The van der Waals surface area contributed by atoms with Gasteiger partial charge < -0.3 is 10.1 Å². The number of rotatable bonds is 8. The van der Waals surface area contributed by atoms with E-state index in [-0.39, 0.29) is 16.4 Å². The lowest BCUT2D eigenvalue weighted by Gasteiger charge is -2.02. The molecule has 0 aliphatic heterocycles. The van der Waals surface area contributed by atoms with Crippen LogP contribution in [0, 0.1) is 11.6 Å². The maximum atomic E-state index is 13.6. The molecule has 0 atom stereocenters. The second-order valence-corrected chi connectivity index (χ2v) is 6.08. The molecular weight excluding hydrogens is 364 g/mol. The maximum Gasteiger partial charge on any atom is 0.249 e. The number of aryl methyl sites for hydroxylation is 1. The van der Waals surface area contributed by atoms with Crippen molar-refractivity contribution < 1.29 is 18.4 Å². The van der Waals surface area contributed by atoms with E-state index < -0.39 is 17.5 Å². The highest BCUT2D eigenvalue weighted by atomic mass is 35.5. The van der Waals surface area contributed by atoms with Crippen molar-refractivity contribution in [3.05, 3.63) is 52.7 Å². The number of anilines is 1. The number of carbonyl (C=O) groups excluding carboxylic acids is 2. The first kappa shape index (κ1) is 19.8. The molecule has 0 saturated carbocycles. The summed E-state index contributed by atoms with van der Waals surface area (Å²) in [5, 5.41) is 6.32. The number of unbranched alkanes of at least 4 members (excludes halogenated alkanes) is 1. The van der Waals surface area contributed by atoms with Gasteiger partial charge in [0.15, 0.2) is 5.82 Å². The molecule has 1 aromatic heterocycles. The molecule has 0 radical (unpaired) electrons. The van der Waals surface area contributed by atoms with Crippen LogP contribution in [-0.2, 0) is 16.1 Å². The van der Waals surface area contributed by atoms with Crippen molar-refractivity contribution in [1.82, 2.24) is 9.78 Å². The molecule has 2 aromatic rings. The van der Waals surface area contributed by atoms with E-state index in [2.05, 4.69) is 10.4 Å². The molecule has 1 amide bonds. The SMILES string of the molecule is CC(=O)CCCCn1ccc(NC(=O)C=Cc2c(F)ccc(F)c2Cl)n1. The molecule has 2 rings (SSSR count). The molecular formula is C18H18ClF2N3O2. The Hall–Kier alpha value is -2.54. The number of halogens is 3. The molecule has 0 aliphatic carbocycles.